The van der Waals surface area contributed by atoms with E-state index in [-0.39, 0.29) is 5.82 Å². The molecule has 0 spiro atoms. The van der Waals surface area contributed by atoms with Gasteiger partial charge in [-0.2, -0.15) is 13.2 Å². The highest BCUT2D eigenvalue weighted by molar-refractivity contribution is 5.64. The summed E-state index contributed by atoms with van der Waals surface area (Å²) in [6, 6.07) is 10.6. The molecule has 6 heteroatoms. The second kappa shape index (κ2) is 8.40. The van der Waals surface area contributed by atoms with Gasteiger partial charge in [-0.05, 0) is 68.1 Å². The number of hydrogen-bond donors (Lipinski definition) is 2. The number of benzene rings is 2. The minimum atomic E-state index is -4.36. The van der Waals surface area contributed by atoms with Crippen molar-refractivity contribution in [3.63, 3.8) is 0 Å². The normalized spacial score (nSPS) is 20.6. The molecule has 1 aliphatic rings. The number of alkyl halides is 3. The fourth-order valence-electron chi connectivity index (χ4n) is 3.58. The van der Waals surface area contributed by atoms with Gasteiger partial charge in [-0.15, -0.1) is 0 Å². The van der Waals surface area contributed by atoms with Gasteiger partial charge in [0, 0.05) is 24.2 Å². The van der Waals surface area contributed by atoms with Crippen molar-refractivity contribution in [1.82, 2.24) is 10.6 Å². The fourth-order valence-corrected chi connectivity index (χ4v) is 3.58. The molecule has 2 nitrogen and oxygen atoms in total. The molecule has 1 saturated carbocycles. The molecule has 0 aromatic heterocycles. The molecule has 2 N–H and O–H groups in total. The van der Waals surface area contributed by atoms with Gasteiger partial charge in [-0.25, -0.2) is 4.39 Å². The zero-order chi connectivity index (χ0) is 19.4. The van der Waals surface area contributed by atoms with Crippen molar-refractivity contribution < 1.29 is 17.6 Å². The van der Waals surface area contributed by atoms with E-state index in [4.69, 9.17) is 0 Å². The second-order valence-electron chi connectivity index (χ2n) is 7.10. The van der Waals surface area contributed by atoms with Crippen LogP contribution < -0.4 is 10.6 Å². The zero-order valence-electron chi connectivity index (χ0n) is 15.2. The molecule has 0 saturated heterocycles. The lowest BCUT2D eigenvalue weighted by Gasteiger charge is -2.29. The maximum atomic E-state index is 14.2. The fraction of sp³-hybridized carbons (Fsp3) is 0.429. The molecule has 27 heavy (non-hydrogen) atoms. The number of halogens is 4. The van der Waals surface area contributed by atoms with Gasteiger partial charge in [0.1, 0.15) is 5.82 Å². The Labute approximate surface area is 157 Å². The van der Waals surface area contributed by atoms with Crippen molar-refractivity contribution in [2.45, 2.75) is 50.5 Å². The summed E-state index contributed by atoms with van der Waals surface area (Å²) >= 11 is 0. The molecule has 0 heterocycles. The van der Waals surface area contributed by atoms with Crippen LogP contribution in [0, 0.1) is 5.82 Å². The average Bonchev–Trinajstić information content (AvgIpc) is 2.67. The van der Waals surface area contributed by atoms with Gasteiger partial charge < -0.3 is 10.6 Å². The molecular weight excluding hydrogens is 356 g/mol. The molecule has 2 aromatic carbocycles. The van der Waals surface area contributed by atoms with Crippen LogP contribution in [0.15, 0.2) is 42.5 Å². The van der Waals surface area contributed by atoms with Crippen LogP contribution in [0.4, 0.5) is 17.6 Å². The van der Waals surface area contributed by atoms with Gasteiger partial charge in [0.15, 0.2) is 0 Å². The Bertz CT molecular complexity index is 748. The van der Waals surface area contributed by atoms with Crippen LogP contribution in [0.5, 0.6) is 0 Å². The van der Waals surface area contributed by atoms with Crippen molar-refractivity contribution in [2.24, 2.45) is 0 Å². The third-order valence-electron chi connectivity index (χ3n) is 5.31. The monoisotopic (exact) mass is 380 g/mol. The molecule has 0 aliphatic heterocycles. The van der Waals surface area contributed by atoms with Crippen LogP contribution in [0.1, 0.15) is 36.8 Å². The van der Waals surface area contributed by atoms with Crippen molar-refractivity contribution in [3.8, 4) is 11.1 Å². The predicted molar refractivity (Wildman–Crippen MR) is 98.8 cm³/mol. The largest absolute Gasteiger partial charge is 0.416 e. The van der Waals surface area contributed by atoms with Crippen molar-refractivity contribution in [1.29, 1.82) is 0 Å². The quantitative estimate of drug-likeness (QED) is 0.703. The first-order valence-corrected chi connectivity index (χ1v) is 9.23. The van der Waals surface area contributed by atoms with Gasteiger partial charge >= 0.3 is 6.18 Å². The third-order valence-corrected chi connectivity index (χ3v) is 5.31. The highest BCUT2D eigenvalue weighted by Crippen LogP contribution is 2.31. The first-order valence-electron chi connectivity index (χ1n) is 9.23. The van der Waals surface area contributed by atoms with E-state index in [1.54, 1.807) is 12.1 Å². The number of hydrogen-bond acceptors (Lipinski definition) is 2. The van der Waals surface area contributed by atoms with Crippen LogP contribution >= 0.6 is 0 Å². The summed E-state index contributed by atoms with van der Waals surface area (Å²) < 4.78 is 52.3. The smallest absolute Gasteiger partial charge is 0.317 e. The summed E-state index contributed by atoms with van der Waals surface area (Å²) in [5.41, 5.74) is 1.19. The van der Waals surface area contributed by atoms with Gasteiger partial charge in [0.05, 0.1) is 5.56 Å². The average molecular weight is 380 g/mol. The van der Waals surface area contributed by atoms with Gasteiger partial charge in [-0.3, -0.25) is 0 Å². The Balaban J connectivity index is 1.67. The molecule has 2 aromatic rings. The van der Waals surface area contributed by atoms with E-state index in [2.05, 4.69) is 10.6 Å². The zero-order valence-corrected chi connectivity index (χ0v) is 15.2. The lowest BCUT2D eigenvalue weighted by atomic mass is 9.91. The molecule has 0 radical (unpaired) electrons. The summed E-state index contributed by atoms with van der Waals surface area (Å²) in [6.07, 6.45) is -0.0648. The Hall–Kier alpha value is -1.92. The molecule has 0 atom stereocenters. The van der Waals surface area contributed by atoms with Gasteiger partial charge in [-0.1, -0.05) is 18.2 Å². The molecular formula is C21H24F4N2. The molecule has 3 rings (SSSR count). The first-order chi connectivity index (χ1) is 12.9. The first kappa shape index (κ1) is 19.8. The van der Waals surface area contributed by atoms with Crippen LogP contribution in [0.25, 0.3) is 11.1 Å². The standard InChI is InChI=1S/C21H24F4N2/c1-26-18-7-9-19(10-8-18)27-13-16-12-15(4-11-20(16)22)14-2-5-17(6-3-14)21(23,24)25/h2-6,11-12,18-19,26-27H,7-10,13H2,1H3. The van der Waals surface area contributed by atoms with Crippen molar-refractivity contribution in [3.05, 3.63) is 59.4 Å². The summed E-state index contributed by atoms with van der Waals surface area (Å²) in [5, 5.41) is 6.70. The van der Waals surface area contributed by atoms with Crippen LogP contribution in [-0.4, -0.2) is 19.1 Å². The van der Waals surface area contributed by atoms with E-state index in [1.807, 2.05) is 7.05 Å². The molecule has 1 aliphatic carbocycles. The SMILES string of the molecule is CNC1CCC(NCc2cc(-c3ccc(C(F)(F)F)cc3)ccc2F)CC1. The van der Waals surface area contributed by atoms with E-state index < -0.39 is 11.7 Å². The minimum Gasteiger partial charge on any atom is -0.317 e. The third kappa shape index (κ3) is 5.08. The van der Waals surface area contributed by atoms with Gasteiger partial charge in [0.25, 0.3) is 0 Å². The molecule has 0 amide bonds. The number of nitrogens with one attached hydrogen (secondary N) is 2. The van der Waals surface area contributed by atoms with E-state index in [1.165, 1.54) is 18.2 Å². The Morgan fingerprint density at radius 3 is 2.07 bits per heavy atom. The summed E-state index contributed by atoms with van der Waals surface area (Å²) in [5.74, 6) is -0.304. The Morgan fingerprint density at radius 1 is 0.889 bits per heavy atom. The molecule has 146 valence electrons. The van der Waals surface area contributed by atoms with E-state index >= 15 is 0 Å². The highest BCUT2D eigenvalue weighted by atomic mass is 19.4. The lowest BCUT2D eigenvalue weighted by molar-refractivity contribution is -0.137. The Kier molecular flexibility index (Phi) is 6.17. The topological polar surface area (TPSA) is 24.1 Å². The predicted octanol–water partition coefficient (Wildman–Crippen LogP) is 5.13. The maximum absolute atomic E-state index is 14.2. The Morgan fingerprint density at radius 2 is 1.48 bits per heavy atom. The molecule has 0 unspecified atom stereocenters. The summed E-state index contributed by atoms with van der Waals surface area (Å²) in [4.78, 5) is 0. The highest BCUT2D eigenvalue weighted by Gasteiger charge is 2.30. The second-order valence-corrected chi connectivity index (χ2v) is 7.10. The van der Waals surface area contributed by atoms with Crippen LogP contribution in [0.3, 0.4) is 0 Å². The summed E-state index contributed by atoms with van der Waals surface area (Å²) in [6.45, 7) is 0.412. The number of rotatable bonds is 5. The van der Waals surface area contributed by atoms with Crippen LogP contribution in [0.2, 0.25) is 0 Å². The van der Waals surface area contributed by atoms with Gasteiger partial charge in [0.2, 0.25) is 0 Å². The minimum absolute atomic E-state index is 0.304. The molecule has 0 bridgehead atoms. The maximum Gasteiger partial charge on any atom is 0.416 e. The van der Waals surface area contributed by atoms with Crippen molar-refractivity contribution in [2.75, 3.05) is 7.05 Å². The van der Waals surface area contributed by atoms with E-state index in [9.17, 15) is 17.6 Å². The lowest BCUT2D eigenvalue weighted by Crippen LogP contribution is -2.38. The van der Waals surface area contributed by atoms with E-state index in [0.717, 1.165) is 37.8 Å². The summed E-state index contributed by atoms with van der Waals surface area (Å²) in [7, 11) is 1.97. The van der Waals surface area contributed by atoms with Crippen molar-refractivity contribution >= 4 is 0 Å². The van der Waals surface area contributed by atoms with Crippen LogP contribution in [-0.2, 0) is 12.7 Å². The molecule has 1 fully saturated rings. The van der Waals surface area contributed by atoms with E-state index in [0.29, 0.717) is 35.3 Å².